The molecule has 0 saturated heterocycles. The molecular weight excluding hydrogens is 318 g/mol. The minimum atomic E-state index is 0.919. The normalized spacial score (nSPS) is 14.0. The molecule has 2 aromatic carbocycles. The van der Waals surface area contributed by atoms with Gasteiger partial charge in [0.15, 0.2) is 0 Å². The number of para-hydroxylation sites is 1. The van der Waals surface area contributed by atoms with Crippen LogP contribution in [-0.4, -0.2) is 28.6 Å². The molecule has 0 radical (unpaired) electrons. The Balaban J connectivity index is 1.59. The largest absolute Gasteiger partial charge is 0.317 e. The summed E-state index contributed by atoms with van der Waals surface area (Å²) in [6.07, 6.45) is 4.43. The zero-order valence-electron chi connectivity index (χ0n) is 15.8. The van der Waals surface area contributed by atoms with Crippen molar-refractivity contribution in [2.75, 3.05) is 18.0 Å². The van der Waals surface area contributed by atoms with Crippen LogP contribution in [0.25, 0.3) is 5.69 Å². The molecule has 0 bridgehead atoms. The Bertz CT molecular complexity index is 928. The maximum Gasteiger partial charge on any atom is 0.239 e. The number of anilines is 1. The van der Waals surface area contributed by atoms with Crippen LogP contribution in [0.4, 0.5) is 5.69 Å². The number of rotatable bonds is 4. The van der Waals surface area contributed by atoms with E-state index in [1.54, 1.807) is 0 Å². The van der Waals surface area contributed by atoms with Crippen LogP contribution in [0.5, 0.6) is 0 Å². The molecule has 3 heteroatoms. The standard InChI is InChI=1S/C23H26N3/c1-18-14-19(2)23(20(3)15-18)25-13-12-24(17-25)16-22-10-7-11-26(22)21-8-5-4-6-9-21/h4-11,14-15,17H,12-13,16H2,1-3H3/q+1. The second-order valence-electron chi connectivity index (χ2n) is 7.23. The molecule has 1 aromatic heterocycles. The molecular formula is C23H26N3+. The highest BCUT2D eigenvalue weighted by Crippen LogP contribution is 2.26. The highest BCUT2D eigenvalue weighted by molar-refractivity contribution is 5.80. The molecule has 0 saturated carbocycles. The Labute approximate surface area is 155 Å². The molecule has 132 valence electrons. The van der Waals surface area contributed by atoms with E-state index in [0.29, 0.717) is 0 Å². The van der Waals surface area contributed by atoms with Crippen molar-refractivity contribution in [1.82, 2.24) is 4.57 Å². The van der Waals surface area contributed by atoms with Crippen molar-refractivity contribution in [3.05, 3.63) is 83.2 Å². The predicted octanol–water partition coefficient (Wildman–Crippen LogP) is 4.46. The summed E-state index contributed by atoms with van der Waals surface area (Å²) in [7, 11) is 0. The first-order valence-corrected chi connectivity index (χ1v) is 9.27. The van der Waals surface area contributed by atoms with Crippen molar-refractivity contribution < 1.29 is 4.58 Å². The van der Waals surface area contributed by atoms with E-state index in [1.807, 2.05) is 0 Å². The minimum Gasteiger partial charge on any atom is -0.317 e. The summed E-state index contributed by atoms with van der Waals surface area (Å²) < 4.78 is 4.69. The molecule has 0 N–H and O–H groups in total. The van der Waals surface area contributed by atoms with Crippen LogP contribution < -0.4 is 4.90 Å². The van der Waals surface area contributed by atoms with E-state index < -0.39 is 0 Å². The lowest BCUT2D eigenvalue weighted by molar-refractivity contribution is -0.530. The van der Waals surface area contributed by atoms with Crippen molar-refractivity contribution in [3.63, 3.8) is 0 Å². The summed E-state index contributed by atoms with van der Waals surface area (Å²) >= 11 is 0. The van der Waals surface area contributed by atoms with Gasteiger partial charge in [-0.1, -0.05) is 35.9 Å². The van der Waals surface area contributed by atoms with Gasteiger partial charge in [-0.15, -0.1) is 0 Å². The second-order valence-corrected chi connectivity index (χ2v) is 7.23. The Kier molecular flexibility index (Phi) is 4.37. The van der Waals surface area contributed by atoms with Crippen LogP contribution in [0.1, 0.15) is 22.4 Å². The Morgan fingerprint density at radius 3 is 2.38 bits per heavy atom. The number of hydrogen-bond donors (Lipinski definition) is 0. The van der Waals surface area contributed by atoms with Crippen molar-refractivity contribution >= 4 is 12.0 Å². The lowest BCUT2D eigenvalue weighted by Crippen LogP contribution is -2.20. The Morgan fingerprint density at radius 2 is 1.65 bits per heavy atom. The number of benzene rings is 2. The highest BCUT2D eigenvalue weighted by Gasteiger charge is 2.25. The fourth-order valence-corrected chi connectivity index (χ4v) is 4.06. The van der Waals surface area contributed by atoms with Gasteiger partial charge in [-0.3, -0.25) is 4.58 Å². The molecule has 3 nitrogen and oxygen atoms in total. The molecule has 26 heavy (non-hydrogen) atoms. The molecule has 0 amide bonds. The first-order valence-electron chi connectivity index (χ1n) is 9.27. The van der Waals surface area contributed by atoms with Gasteiger partial charge >= 0.3 is 0 Å². The molecule has 0 spiro atoms. The summed E-state index contributed by atoms with van der Waals surface area (Å²) in [5, 5.41) is 0. The highest BCUT2D eigenvalue weighted by atomic mass is 15.3. The average molecular weight is 344 g/mol. The Morgan fingerprint density at radius 1 is 0.923 bits per heavy atom. The van der Waals surface area contributed by atoms with E-state index in [-0.39, 0.29) is 0 Å². The summed E-state index contributed by atoms with van der Waals surface area (Å²) in [6.45, 7) is 9.60. The minimum absolute atomic E-state index is 0.919. The van der Waals surface area contributed by atoms with Gasteiger partial charge in [0.1, 0.15) is 25.3 Å². The van der Waals surface area contributed by atoms with E-state index in [0.717, 1.165) is 19.6 Å². The van der Waals surface area contributed by atoms with E-state index in [9.17, 15) is 0 Å². The van der Waals surface area contributed by atoms with Crippen molar-refractivity contribution in [2.24, 2.45) is 0 Å². The number of hydrogen-bond acceptors (Lipinski definition) is 1. The average Bonchev–Trinajstić information content (AvgIpc) is 3.25. The number of aryl methyl sites for hydroxylation is 3. The number of aromatic nitrogens is 1. The number of nitrogens with zero attached hydrogens (tertiary/aromatic N) is 3. The van der Waals surface area contributed by atoms with Crippen LogP contribution in [-0.2, 0) is 6.54 Å². The van der Waals surface area contributed by atoms with Crippen molar-refractivity contribution in [3.8, 4) is 5.69 Å². The van der Waals surface area contributed by atoms with Gasteiger partial charge in [0.05, 0.1) is 5.69 Å². The molecule has 0 unspecified atom stereocenters. The smallest absolute Gasteiger partial charge is 0.239 e. The van der Waals surface area contributed by atoms with Crippen molar-refractivity contribution in [2.45, 2.75) is 27.3 Å². The van der Waals surface area contributed by atoms with Gasteiger partial charge < -0.3 is 4.57 Å². The molecule has 1 aliphatic heterocycles. The van der Waals surface area contributed by atoms with Crippen LogP contribution in [0.15, 0.2) is 60.8 Å². The molecule has 2 heterocycles. The fraction of sp³-hybridized carbons (Fsp3) is 0.261. The van der Waals surface area contributed by atoms with Gasteiger partial charge in [-0.05, 0) is 56.2 Å². The third-order valence-corrected chi connectivity index (χ3v) is 5.09. The van der Waals surface area contributed by atoms with E-state index in [4.69, 9.17) is 0 Å². The van der Waals surface area contributed by atoms with Crippen LogP contribution in [0, 0.1) is 20.8 Å². The predicted molar refractivity (Wildman–Crippen MR) is 109 cm³/mol. The summed E-state index contributed by atoms with van der Waals surface area (Å²) in [5.74, 6) is 0. The van der Waals surface area contributed by atoms with Gasteiger partial charge in [-0.25, -0.2) is 4.90 Å². The molecule has 0 aliphatic carbocycles. The van der Waals surface area contributed by atoms with Crippen molar-refractivity contribution in [1.29, 1.82) is 0 Å². The summed E-state index contributed by atoms with van der Waals surface area (Å²) in [4.78, 5) is 2.40. The quantitative estimate of drug-likeness (QED) is 0.636. The molecule has 0 atom stereocenters. The van der Waals surface area contributed by atoms with E-state index in [1.165, 1.54) is 33.8 Å². The Hall–Kier alpha value is -2.81. The molecule has 4 rings (SSSR count). The zero-order valence-corrected chi connectivity index (χ0v) is 15.8. The van der Waals surface area contributed by atoms with E-state index in [2.05, 4.69) is 102 Å². The van der Waals surface area contributed by atoms with Gasteiger partial charge in [0.25, 0.3) is 0 Å². The van der Waals surface area contributed by atoms with Gasteiger partial charge in [-0.2, -0.15) is 0 Å². The van der Waals surface area contributed by atoms with E-state index >= 15 is 0 Å². The molecule has 3 aromatic rings. The monoisotopic (exact) mass is 344 g/mol. The fourth-order valence-electron chi connectivity index (χ4n) is 4.06. The maximum absolute atomic E-state index is 2.41. The SMILES string of the molecule is Cc1cc(C)c(N2C=[N+](Cc3cccn3-c3ccccc3)CC2)c(C)c1. The van der Waals surface area contributed by atoms with Gasteiger partial charge in [0.2, 0.25) is 6.34 Å². The van der Waals surface area contributed by atoms with Gasteiger partial charge in [0, 0.05) is 11.9 Å². The summed E-state index contributed by atoms with van der Waals surface area (Å²) in [5.41, 5.74) is 7.93. The van der Waals surface area contributed by atoms with Crippen LogP contribution >= 0.6 is 0 Å². The first kappa shape index (κ1) is 16.6. The van der Waals surface area contributed by atoms with Crippen LogP contribution in [0.3, 0.4) is 0 Å². The molecule has 1 aliphatic rings. The first-order chi connectivity index (χ1) is 12.6. The third kappa shape index (κ3) is 3.17. The molecule has 0 fully saturated rings. The lowest BCUT2D eigenvalue weighted by atomic mass is 10.0. The second kappa shape index (κ2) is 6.83. The third-order valence-electron chi connectivity index (χ3n) is 5.09. The lowest BCUT2D eigenvalue weighted by Gasteiger charge is -2.13. The topological polar surface area (TPSA) is 11.2 Å². The zero-order chi connectivity index (χ0) is 18.1. The summed E-state index contributed by atoms with van der Waals surface area (Å²) in [6, 6.07) is 19.4. The maximum atomic E-state index is 2.41. The van der Waals surface area contributed by atoms with Crippen LogP contribution in [0.2, 0.25) is 0 Å².